The third-order valence-corrected chi connectivity index (χ3v) is 5.95. The maximum atomic E-state index is 6.07. The third-order valence-electron chi connectivity index (χ3n) is 3.85. The van der Waals surface area contributed by atoms with Gasteiger partial charge in [-0.15, -0.1) is 0 Å². The zero-order valence-corrected chi connectivity index (χ0v) is 14.5. The molecule has 0 aromatic heterocycles. The first-order chi connectivity index (χ1) is 9.69. The number of benzene rings is 1. The maximum Gasteiger partial charge on any atom is 0.119 e. The Labute approximate surface area is 134 Å². The Morgan fingerprint density at radius 3 is 3.00 bits per heavy atom. The summed E-state index contributed by atoms with van der Waals surface area (Å²) in [7, 11) is 1.70. The monoisotopic (exact) mass is 358 g/mol. The molecular weight excluding hydrogens is 336 g/mol. The Hall–Kier alpha value is -0.230. The van der Waals surface area contributed by atoms with Gasteiger partial charge in [-0.05, 0) is 30.2 Å². The topological polar surface area (TPSA) is 38.5 Å². The highest BCUT2D eigenvalue weighted by atomic mass is 79.9. The minimum Gasteiger partial charge on any atom is -0.497 e. The van der Waals surface area contributed by atoms with Crippen LogP contribution < -0.4 is 10.5 Å². The zero-order chi connectivity index (χ0) is 14.5. The molecule has 20 heavy (non-hydrogen) atoms. The molecule has 1 aliphatic rings. The van der Waals surface area contributed by atoms with Gasteiger partial charge in [0.15, 0.2) is 0 Å². The summed E-state index contributed by atoms with van der Waals surface area (Å²) in [5.74, 6) is 2.08. The van der Waals surface area contributed by atoms with Gasteiger partial charge in [-0.2, -0.15) is 11.8 Å². The highest BCUT2D eigenvalue weighted by molar-refractivity contribution is 9.10. The number of halogens is 1. The van der Waals surface area contributed by atoms with Crippen molar-refractivity contribution in [3.8, 4) is 5.75 Å². The van der Waals surface area contributed by atoms with Gasteiger partial charge in [0, 0.05) is 41.2 Å². The van der Waals surface area contributed by atoms with Crippen LogP contribution in [0.3, 0.4) is 0 Å². The lowest BCUT2D eigenvalue weighted by molar-refractivity contribution is 0.206. The molecule has 5 heteroatoms. The molecule has 0 aliphatic carbocycles. The van der Waals surface area contributed by atoms with E-state index in [4.69, 9.17) is 10.5 Å². The molecule has 0 radical (unpaired) electrons. The number of thioether (sulfide) groups is 1. The number of hydrogen-bond donors (Lipinski definition) is 1. The van der Waals surface area contributed by atoms with E-state index in [0.717, 1.165) is 28.6 Å². The van der Waals surface area contributed by atoms with Crippen LogP contribution in [0.15, 0.2) is 22.7 Å². The molecule has 0 saturated carbocycles. The van der Waals surface area contributed by atoms with E-state index in [0.29, 0.717) is 6.54 Å². The predicted molar refractivity (Wildman–Crippen MR) is 90.6 cm³/mol. The molecule has 1 saturated heterocycles. The zero-order valence-electron chi connectivity index (χ0n) is 12.1. The van der Waals surface area contributed by atoms with E-state index in [-0.39, 0.29) is 6.04 Å². The molecule has 0 bridgehead atoms. The number of rotatable bonds is 5. The second-order valence-corrected chi connectivity index (χ2v) is 7.30. The fourth-order valence-corrected chi connectivity index (χ4v) is 4.37. The van der Waals surface area contributed by atoms with Crippen molar-refractivity contribution in [2.45, 2.75) is 24.6 Å². The summed E-state index contributed by atoms with van der Waals surface area (Å²) in [6.07, 6.45) is 1.22. The van der Waals surface area contributed by atoms with Gasteiger partial charge in [0.05, 0.1) is 7.11 Å². The van der Waals surface area contributed by atoms with Crippen molar-refractivity contribution in [1.82, 2.24) is 4.90 Å². The first kappa shape index (κ1) is 16.1. The van der Waals surface area contributed by atoms with Gasteiger partial charge in [0.1, 0.15) is 5.75 Å². The Kier molecular flexibility index (Phi) is 6.20. The van der Waals surface area contributed by atoms with E-state index in [9.17, 15) is 0 Å². The second-order valence-electron chi connectivity index (χ2n) is 5.03. The molecule has 1 aliphatic heterocycles. The van der Waals surface area contributed by atoms with E-state index in [1.165, 1.54) is 17.7 Å². The van der Waals surface area contributed by atoms with E-state index < -0.39 is 0 Å². The molecule has 0 amide bonds. The molecule has 0 spiro atoms. The summed E-state index contributed by atoms with van der Waals surface area (Å²) >= 11 is 5.74. The lowest BCUT2D eigenvalue weighted by atomic mass is 10.0. The largest absolute Gasteiger partial charge is 0.497 e. The van der Waals surface area contributed by atoms with Gasteiger partial charge in [-0.25, -0.2) is 0 Å². The minimum atomic E-state index is 0.259. The predicted octanol–water partition coefficient (Wildman–Crippen LogP) is 3.28. The van der Waals surface area contributed by atoms with E-state index in [1.807, 2.05) is 12.1 Å². The van der Waals surface area contributed by atoms with Crippen LogP contribution in [0.1, 0.15) is 24.9 Å². The Balaban J connectivity index is 2.22. The van der Waals surface area contributed by atoms with Crippen LogP contribution >= 0.6 is 27.7 Å². The van der Waals surface area contributed by atoms with Crippen molar-refractivity contribution in [2.75, 3.05) is 32.5 Å². The Bertz CT molecular complexity index is 444. The smallest absolute Gasteiger partial charge is 0.119 e. The van der Waals surface area contributed by atoms with E-state index in [2.05, 4.69) is 45.6 Å². The van der Waals surface area contributed by atoms with Crippen LogP contribution in [0, 0.1) is 0 Å². The van der Waals surface area contributed by atoms with Crippen LogP contribution in [-0.4, -0.2) is 42.6 Å². The van der Waals surface area contributed by atoms with Crippen LogP contribution in [0.2, 0.25) is 0 Å². The van der Waals surface area contributed by atoms with Crippen molar-refractivity contribution < 1.29 is 4.74 Å². The standard InChI is InChI=1S/C15H23BrN2OS/c1-3-12-10-18(6-7-20-12)15(9-17)13-8-11(19-2)4-5-14(13)16/h4-5,8,12,15H,3,6-7,9-10,17H2,1-2H3. The highest BCUT2D eigenvalue weighted by Crippen LogP contribution is 2.33. The quantitative estimate of drug-likeness (QED) is 0.876. The summed E-state index contributed by atoms with van der Waals surface area (Å²) in [4.78, 5) is 2.52. The molecule has 2 atom stereocenters. The maximum absolute atomic E-state index is 6.07. The first-order valence-corrected chi connectivity index (χ1v) is 8.92. The summed E-state index contributed by atoms with van der Waals surface area (Å²) in [6, 6.07) is 6.38. The van der Waals surface area contributed by atoms with E-state index >= 15 is 0 Å². The van der Waals surface area contributed by atoms with Gasteiger partial charge in [0.2, 0.25) is 0 Å². The SMILES string of the molecule is CCC1CN(C(CN)c2cc(OC)ccc2Br)CCS1. The molecular formula is C15H23BrN2OS. The molecule has 3 nitrogen and oxygen atoms in total. The van der Waals surface area contributed by atoms with E-state index in [1.54, 1.807) is 7.11 Å². The number of hydrogen-bond acceptors (Lipinski definition) is 4. The Morgan fingerprint density at radius 2 is 2.35 bits per heavy atom. The van der Waals surface area contributed by atoms with Crippen molar-refractivity contribution >= 4 is 27.7 Å². The van der Waals surface area contributed by atoms with Crippen molar-refractivity contribution in [2.24, 2.45) is 5.73 Å². The molecule has 1 aromatic rings. The fraction of sp³-hybridized carbons (Fsp3) is 0.600. The van der Waals surface area contributed by atoms with Crippen LogP contribution in [0.4, 0.5) is 0 Å². The number of nitrogens with two attached hydrogens (primary N) is 1. The lowest BCUT2D eigenvalue weighted by Gasteiger charge is -2.38. The summed E-state index contributed by atoms with van der Waals surface area (Å²) < 4.78 is 6.46. The van der Waals surface area contributed by atoms with Crippen LogP contribution in [-0.2, 0) is 0 Å². The molecule has 2 rings (SSSR count). The Morgan fingerprint density at radius 1 is 1.55 bits per heavy atom. The highest BCUT2D eigenvalue weighted by Gasteiger charge is 2.27. The lowest BCUT2D eigenvalue weighted by Crippen LogP contribution is -2.42. The van der Waals surface area contributed by atoms with Gasteiger partial charge in [-0.1, -0.05) is 22.9 Å². The fourth-order valence-electron chi connectivity index (χ4n) is 2.65. The van der Waals surface area contributed by atoms with Gasteiger partial charge in [-0.3, -0.25) is 4.90 Å². The molecule has 112 valence electrons. The summed E-state index contributed by atoms with van der Waals surface area (Å²) in [6.45, 7) is 5.12. The second kappa shape index (κ2) is 7.69. The summed E-state index contributed by atoms with van der Waals surface area (Å²) in [5, 5.41) is 0.724. The molecule has 1 fully saturated rings. The number of ether oxygens (including phenoxy) is 1. The average molecular weight is 359 g/mol. The van der Waals surface area contributed by atoms with Gasteiger partial charge >= 0.3 is 0 Å². The molecule has 2 N–H and O–H groups in total. The molecule has 2 unspecified atom stereocenters. The third kappa shape index (κ3) is 3.70. The van der Waals surface area contributed by atoms with Gasteiger partial charge in [0.25, 0.3) is 0 Å². The van der Waals surface area contributed by atoms with Crippen molar-refractivity contribution in [1.29, 1.82) is 0 Å². The van der Waals surface area contributed by atoms with Crippen molar-refractivity contribution in [3.63, 3.8) is 0 Å². The number of nitrogens with zero attached hydrogens (tertiary/aromatic N) is 1. The van der Waals surface area contributed by atoms with Crippen LogP contribution in [0.25, 0.3) is 0 Å². The van der Waals surface area contributed by atoms with Crippen molar-refractivity contribution in [3.05, 3.63) is 28.2 Å². The summed E-state index contributed by atoms with van der Waals surface area (Å²) in [5.41, 5.74) is 7.30. The normalized spacial score (nSPS) is 21.7. The molecule has 1 heterocycles. The molecule has 1 aromatic carbocycles. The first-order valence-electron chi connectivity index (χ1n) is 7.08. The minimum absolute atomic E-state index is 0.259. The van der Waals surface area contributed by atoms with Gasteiger partial charge < -0.3 is 10.5 Å². The number of methoxy groups -OCH3 is 1. The average Bonchev–Trinajstić information content (AvgIpc) is 2.50. The van der Waals surface area contributed by atoms with Crippen LogP contribution in [0.5, 0.6) is 5.75 Å².